The third-order valence-electron chi connectivity index (χ3n) is 2.23. The Morgan fingerprint density at radius 2 is 1.62 bits per heavy atom. The van der Waals surface area contributed by atoms with Crippen LogP contribution in [-0.4, -0.2) is 22.6 Å². The van der Waals surface area contributed by atoms with Gasteiger partial charge in [-0.3, -0.25) is 14.4 Å². The molecule has 0 radical (unpaired) electrons. The quantitative estimate of drug-likeness (QED) is 0.758. The maximum atomic E-state index is 11.5. The van der Waals surface area contributed by atoms with Crippen molar-refractivity contribution in [2.45, 2.75) is 40.5 Å². The monoisotopic (exact) mass is 304 g/mol. The van der Waals surface area contributed by atoms with Gasteiger partial charge in [-0.2, -0.15) is 0 Å². The van der Waals surface area contributed by atoms with Gasteiger partial charge in [0, 0.05) is 32.6 Å². The summed E-state index contributed by atoms with van der Waals surface area (Å²) < 4.78 is 0. The smallest absolute Gasteiger partial charge is 0.316 e. The third kappa shape index (κ3) is 5.69. The van der Waals surface area contributed by atoms with Gasteiger partial charge in [0.25, 0.3) is 0 Å². The van der Waals surface area contributed by atoms with Crippen LogP contribution < -0.4 is 0 Å². The number of ketones is 2. The molecule has 90 valence electrons. The molecule has 0 atom stereocenters. The summed E-state index contributed by atoms with van der Waals surface area (Å²) in [6.45, 7) is 6.40. The maximum Gasteiger partial charge on any atom is 0.316 e. The molecule has 0 bridgehead atoms. The molecule has 0 aliphatic heterocycles. The largest absolute Gasteiger partial charge is 0.481 e. The number of carboxylic acid groups (broad SMARTS) is 1. The van der Waals surface area contributed by atoms with Crippen molar-refractivity contribution in [3.05, 3.63) is 0 Å². The summed E-state index contributed by atoms with van der Waals surface area (Å²) in [4.78, 5) is 33.5. The number of hydrogen-bond acceptors (Lipinski definition) is 3. The number of aliphatic carboxylic acids is 1. The van der Waals surface area contributed by atoms with Crippen molar-refractivity contribution in [3.8, 4) is 0 Å². The Morgan fingerprint density at radius 3 is 1.94 bits per heavy atom. The van der Waals surface area contributed by atoms with Gasteiger partial charge in [0.15, 0.2) is 5.78 Å². The van der Waals surface area contributed by atoms with Crippen molar-refractivity contribution < 1.29 is 45.7 Å². The Labute approximate surface area is 115 Å². The van der Waals surface area contributed by atoms with Crippen LogP contribution in [0.4, 0.5) is 0 Å². The molecule has 0 fully saturated rings. The van der Waals surface area contributed by atoms with Gasteiger partial charge in [0.2, 0.25) is 0 Å². The van der Waals surface area contributed by atoms with E-state index in [1.165, 1.54) is 13.8 Å². The van der Waals surface area contributed by atoms with Crippen molar-refractivity contribution in [1.29, 1.82) is 0 Å². The number of carboxylic acids is 1. The molecule has 4 nitrogen and oxygen atoms in total. The normalized spacial score (nSPS) is 10.8. The molecule has 0 amide bonds. The number of carbonyl (C=O) groups is 3. The predicted octanol–water partition coefficient (Wildman–Crippen LogP) is 1.67. The SMILES string of the molecule is CC(C)CC(=O)CC(=O)C(C)(C)C(=O)O.[Zr]. The first-order chi connectivity index (χ1) is 6.67. The summed E-state index contributed by atoms with van der Waals surface area (Å²) in [6.07, 6.45) is 0.0406. The Kier molecular flexibility index (Phi) is 8.02. The Balaban J connectivity index is 0. The van der Waals surface area contributed by atoms with Crippen LogP contribution in [0.3, 0.4) is 0 Å². The van der Waals surface area contributed by atoms with Crippen molar-refractivity contribution in [2.75, 3.05) is 0 Å². The first-order valence-corrected chi connectivity index (χ1v) is 4.96. The molecule has 0 aromatic carbocycles. The van der Waals surface area contributed by atoms with E-state index in [0.29, 0.717) is 6.42 Å². The fourth-order valence-corrected chi connectivity index (χ4v) is 1.05. The van der Waals surface area contributed by atoms with E-state index >= 15 is 0 Å². The van der Waals surface area contributed by atoms with E-state index in [1.807, 2.05) is 13.8 Å². The van der Waals surface area contributed by atoms with E-state index < -0.39 is 17.2 Å². The minimum absolute atomic E-state index is 0. The topological polar surface area (TPSA) is 71.4 Å². The zero-order chi connectivity index (χ0) is 12.2. The van der Waals surface area contributed by atoms with Crippen molar-refractivity contribution in [1.82, 2.24) is 0 Å². The fraction of sp³-hybridized carbons (Fsp3) is 0.727. The molecule has 1 N–H and O–H groups in total. The minimum Gasteiger partial charge on any atom is -0.481 e. The molecule has 0 aliphatic rings. The first-order valence-electron chi connectivity index (χ1n) is 4.96. The first kappa shape index (κ1) is 18.1. The molecule has 0 heterocycles. The van der Waals surface area contributed by atoms with Crippen LogP contribution in [0.25, 0.3) is 0 Å². The number of hydrogen-bond donors (Lipinski definition) is 1. The molecule has 0 unspecified atom stereocenters. The Morgan fingerprint density at radius 1 is 1.19 bits per heavy atom. The van der Waals surface area contributed by atoms with Crippen molar-refractivity contribution >= 4 is 17.5 Å². The summed E-state index contributed by atoms with van der Waals surface area (Å²) in [6, 6.07) is 0. The van der Waals surface area contributed by atoms with Gasteiger partial charge in [-0.05, 0) is 19.8 Å². The molecule has 0 rings (SSSR count). The Hall–Kier alpha value is -0.307. The molecule has 5 heteroatoms. The van der Waals surface area contributed by atoms with Crippen molar-refractivity contribution in [3.63, 3.8) is 0 Å². The molecular weight excluding hydrogens is 287 g/mol. The molecule has 0 aromatic heterocycles. The van der Waals surface area contributed by atoms with E-state index in [9.17, 15) is 14.4 Å². The summed E-state index contributed by atoms with van der Waals surface area (Å²) in [5.74, 6) is -1.71. The van der Waals surface area contributed by atoms with Crippen LogP contribution in [0, 0.1) is 11.3 Å². The average molecular weight is 305 g/mol. The van der Waals surface area contributed by atoms with Gasteiger partial charge >= 0.3 is 5.97 Å². The van der Waals surface area contributed by atoms with E-state index in [1.54, 1.807) is 0 Å². The van der Waals surface area contributed by atoms with Gasteiger partial charge in [-0.1, -0.05) is 13.8 Å². The molecule has 0 aromatic rings. The van der Waals surface area contributed by atoms with E-state index in [2.05, 4.69) is 0 Å². The van der Waals surface area contributed by atoms with Crippen LogP contribution in [0.15, 0.2) is 0 Å². The van der Waals surface area contributed by atoms with Gasteiger partial charge < -0.3 is 5.11 Å². The number of Topliss-reactive ketones (excluding diaryl/α,β-unsaturated/α-hetero) is 2. The summed E-state index contributed by atoms with van der Waals surface area (Å²) >= 11 is 0. The maximum absolute atomic E-state index is 11.5. The molecular formula is C11H18O4Zr. The van der Waals surface area contributed by atoms with E-state index in [4.69, 9.17) is 5.11 Å². The molecule has 16 heavy (non-hydrogen) atoms. The Bertz CT molecular complexity index is 282. The predicted molar refractivity (Wildman–Crippen MR) is 55.5 cm³/mol. The summed E-state index contributed by atoms with van der Waals surface area (Å²) in [5.41, 5.74) is -1.47. The summed E-state index contributed by atoms with van der Waals surface area (Å²) in [7, 11) is 0. The molecule has 0 spiro atoms. The van der Waals surface area contributed by atoms with E-state index in [0.717, 1.165) is 0 Å². The van der Waals surface area contributed by atoms with E-state index in [-0.39, 0.29) is 44.3 Å². The minimum atomic E-state index is -1.47. The van der Waals surface area contributed by atoms with Gasteiger partial charge in [0.05, 0.1) is 6.42 Å². The molecule has 0 aliphatic carbocycles. The number of rotatable bonds is 6. The van der Waals surface area contributed by atoms with Crippen molar-refractivity contribution in [2.24, 2.45) is 11.3 Å². The van der Waals surface area contributed by atoms with Crippen LogP contribution in [-0.2, 0) is 40.6 Å². The van der Waals surface area contributed by atoms with Gasteiger partial charge in [-0.15, -0.1) is 0 Å². The van der Waals surface area contributed by atoms with Crippen LogP contribution in [0.5, 0.6) is 0 Å². The molecule has 0 saturated carbocycles. The zero-order valence-electron chi connectivity index (χ0n) is 10.2. The number of carbonyl (C=O) groups excluding carboxylic acids is 2. The summed E-state index contributed by atoms with van der Waals surface area (Å²) in [5, 5.41) is 8.77. The van der Waals surface area contributed by atoms with Crippen LogP contribution in [0.2, 0.25) is 0 Å². The zero-order valence-corrected chi connectivity index (χ0v) is 12.6. The van der Waals surface area contributed by atoms with Crippen LogP contribution in [0.1, 0.15) is 40.5 Å². The fourth-order valence-electron chi connectivity index (χ4n) is 1.05. The second-order valence-corrected chi connectivity index (χ2v) is 4.67. The second kappa shape index (κ2) is 7.10. The molecule has 0 saturated heterocycles. The average Bonchev–Trinajstić information content (AvgIpc) is 2.01. The second-order valence-electron chi connectivity index (χ2n) is 4.67. The van der Waals surface area contributed by atoms with Gasteiger partial charge in [-0.25, -0.2) is 0 Å². The van der Waals surface area contributed by atoms with Crippen LogP contribution >= 0.6 is 0 Å². The standard InChI is InChI=1S/C11H18O4.Zr/c1-7(2)5-8(12)6-9(13)11(3,4)10(14)15;/h7H,5-6H2,1-4H3,(H,14,15);. The van der Waals surface area contributed by atoms with Gasteiger partial charge in [0.1, 0.15) is 11.2 Å². The third-order valence-corrected chi connectivity index (χ3v) is 2.23.